The Morgan fingerprint density at radius 2 is 1.95 bits per heavy atom. The molecule has 0 unspecified atom stereocenters. The Bertz CT molecular complexity index is 777. The van der Waals surface area contributed by atoms with Crippen LogP contribution in [0, 0.1) is 0 Å². The van der Waals surface area contributed by atoms with E-state index in [1.165, 1.54) is 25.3 Å². The number of phenolic OH excluding ortho intramolecular Hbond substituents is 1. The SMILES string of the molecule is COc1cccc(C=C2Oc3cc(O)ccc3C2=O)c1OC. The molecule has 1 heterocycles. The van der Waals surface area contributed by atoms with Crippen LogP contribution in [0.2, 0.25) is 0 Å². The summed E-state index contributed by atoms with van der Waals surface area (Å²) in [7, 11) is 3.08. The Hall–Kier alpha value is -2.95. The van der Waals surface area contributed by atoms with E-state index < -0.39 is 0 Å². The van der Waals surface area contributed by atoms with Crippen LogP contribution in [0.3, 0.4) is 0 Å². The average molecular weight is 298 g/mol. The number of methoxy groups -OCH3 is 2. The van der Waals surface area contributed by atoms with E-state index in [1.54, 1.807) is 31.4 Å². The lowest BCUT2D eigenvalue weighted by molar-refractivity contribution is 0.101. The fraction of sp³-hybridized carbons (Fsp3) is 0.118. The Morgan fingerprint density at radius 1 is 1.14 bits per heavy atom. The van der Waals surface area contributed by atoms with Gasteiger partial charge in [0, 0.05) is 11.6 Å². The Balaban J connectivity index is 2.03. The fourth-order valence-corrected chi connectivity index (χ4v) is 2.34. The molecule has 0 atom stereocenters. The third kappa shape index (κ3) is 2.26. The van der Waals surface area contributed by atoms with Gasteiger partial charge in [-0.05, 0) is 24.3 Å². The van der Waals surface area contributed by atoms with Gasteiger partial charge in [-0.15, -0.1) is 0 Å². The number of hydrogen-bond donors (Lipinski definition) is 1. The first-order valence-corrected chi connectivity index (χ1v) is 6.62. The van der Waals surface area contributed by atoms with Crippen molar-refractivity contribution in [3.8, 4) is 23.0 Å². The van der Waals surface area contributed by atoms with Crippen LogP contribution in [0.1, 0.15) is 15.9 Å². The van der Waals surface area contributed by atoms with Crippen LogP contribution >= 0.6 is 0 Å². The maximum atomic E-state index is 12.3. The molecule has 0 aliphatic carbocycles. The van der Waals surface area contributed by atoms with Crippen LogP contribution in [0.25, 0.3) is 6.08 Å². The van der Waals surface area contributed by atoms with E-state index in [4.69, 9.17) is 14.2 Å². The molecule has 0 spiro atoms. The largest absolute Gasteiger partial charge is 0.508 e. The van der Waals surface area contributed by atoms with Gasteiger partial charge in [0.05, 0.1) is 19.8 Å². The Kier molecular flexibility index (Phi) is 3.47. The average Bonchev–Trinajstić information content (AvgIpc) is 2.82. The number of hydrogen-bond acceptors (Lipinski definition) is 5. The number of para-hydroxylation sites is 1. The molecule has 22 heavy (non-hydrogen) atoms. The lowest BCUT2D eigenvalue weighted by atomic mass is 10.1. The number of ketones is 1. The van der Waals surface area contributed by atoms with Crippen LogP contribution < -0.4 is 14.2 Å². The van der Waals surface area contributed by atoms with Crippen LogP contribution in [-0.4, -0.2) is 25.1 Å². The van der Waals surface area contributed by atoms with Gasteiger partial charge in [0.2, 0.25) is 5.78 Å². The number of fused-ring (bicyclic) bond motifs is 1. The van der Waals surface area contributed by atoms with Crippen molar-refractivity contribution >= 4 is 11.9 Å². The lowest BCUT2D eigenvalue weighted by Crippen LogP contribution is -1.99. The standard InChI is InChI=1S/C17H14O5/c1-20-13-5-3-4-10(17(13)21-2)8-15-16(19)12-7-6-11(18)9-14(12)22-15/h3-9,18H,1-2H3. The van der Waals surface area contributed by atoms with Crippen molar-refractivity contribution in [3.63, 3.8) is 0 Å². The number of phenols is 1. The molecule has 0 saturated carbocycles. The minimum absolute atomic E-state index is 0.0479. The summed E-state index contributed by atoms with van der Waals surface area (Å²) in [6, 6.07) is 9.77. The molecule has 0 amide bonds. The summed E-state index contributed by atoms with van der Waals surface area (Å²) in [5.74, 6) is 1.42. The second-order valence-corrected chi connectivity index (χ2v) is 4.70. The molecule has 112 valence electrons. The third-order valence-electron chi connectivity index (χ3n) is 3.37. The molecule has 0 radical (unpaired) electrons. The number of allylic oxidation sites excluding steroid dienone is 1. The van der Waals surface area contributed by atoms with Crippen LogP contribution in [0.15, 0.2) is 42.2 Å². The van der Waals surface area contributed by atoms with Crippen LogP contribution in [0.4, 0.5) is 0 Å². The zero-order valence-electron chi connectivity index (χ0n) is 12.1. The van der Waals surface area contributed by atoms with Crippen molar-refractivity contribution in [2.24, 2.45) is 0 Å². The number of carbonyl (C=O) groups is 1. The molecule has 2 aromatic rings. The van der Waals surface area contributed by atoms with E-state index >= 15 is 0 Å². The first-order chi connectivity index (χ1) is 10.6. The molecule has 3 rings (SSSR count). The normalized spacial score (nSPS) is 14.6. The van der Waals surface area contributed by atoms with Crippen molar-refractivity contribution in [2.45, 2.75) is 0 Å². The zero-order chi connectivity index (χ0) is 15.7. The highest BCUT2D eigenvalue weighted by molar-refractivity contribution is 6.14. The number of carbonyl (C=O) groups excluding carboxylic acids is 1. The van der Waals surface area contributed by atoms with Crippen LogP contribution in [-0.2, 0) is 0 Å². The summed E-state index contributed by atoms with van der Waals surface area (Å²) in [5.41, 5.74) is 1.09. The highest BCUT2D eigenvalue weighted by Gasteiger charge is 2.28. The van der Waals surface area contributed by atoms with Gasteiger partial charge in [-0.1, -0.05) is 12.1 Å². The highest BCUT2D eigenvalue weighted by Crippen LogP contribution is 2.37. The quantitative estimate of drug-likeness (QED) is 0.882. The number of rotatable bonds is 3. The van der Waals surface area contributed by atoms with Crippen molar-refractivity contribution in [1.29, 1.82) is 0 Å². The van der Waals surface area contributed by atoms with Gasteiger partial charge in [-0.2, -0.15) is 0 Å². The molecule has 0 saturated heterocycles. The zero-order valence-corrected chi connectivity index (χ0v) is 12.1. The van der Waals surface area contributed by atoms with Gasteiger partial charge in [-0.3, -0.25) is 4.79 Å². The molecule has 0 aromatic heterocycles. The van der Waals surface area contributed by atoms with Crippen LogP contribution in [0.5, 0.6) is 23.0 Å². The maximum Gasteiger partial charge on any atom is 0.231 e. The minimum atomic E-state index is -0.236. The predicted molar refractivity (Wildman–Crippen MR) is 80.6 cm³/mol. The molecule has 1 aliphatic heterocycles. The summed E-state index contributed by atoms with van der Waals surface area (Å²) in [6.45, 7) is 0. The van der Waals surface area contributed by atoms with E-state index in [0.29, 0.717) is 28.4 Å². The number of benzene rings is 2. The monoisotopic (exact) mass is 298 g/mol. The van der Waals surface area contributed by atoms with Crippen molar-refractivity contribution in [1.82, 2.24) is 0 Å². The molecular formula is C17H14O5. The van der Waals surface area contributed by atoms with E-state index in [-0.39, 0.29) is 17.3 Å². The predicted octanol–water partition coefficient (Wildman–Crippen LogP) is 3.03. The Morgan fingerprint density at radius 3 is 2.68 bits per heavy atom. The number of ether oxygens (including phenoxy) is 3. The molecular weight excluding hydrogens is 284 g/mol. The molecule has 0 bridgehead atoms. The van der Waals surface area contributed by atoms with Gasteiger partial charge in [0.25, 0.3) is 0 Å². The molecule has 0 fully saturated rings. The number of aromatic hydroxyl groups is 1. The molecule has 5 heteroatoms. The lowest BCUT2D eigenvalue weighted by Gasteiger charge is -2.10. The third-order valence-corrected chi connectivity index (χ3v) is 3.37. The van der Waals surface area contributed by atoms with E-state index in [1.807, 2.05) is 0 Å². The first-order valence-electron chi connectivity index (χ1n) is 6.62. The topological polar surface area (TPSA) is 65.0 Å². The summed E-state index contributed by atoms with van der Waals surface area (Å²) >= 11 is 0. The minimum Gasteiger partial charge on any atom is -0.508 e. The van der Waals surface area contributed by atoms with Crippen molar-refractivity contribution < 1.29 is 24.1 Å². The van der Waals surface area contributed by atoms with E-state index in [9.17, 15) is 9.90 Å². The molecule has 5 nitrogen and oxygen atoms in total. The summed E-state index contributed by atoms with van der Waals surface area (Å²) in [6.07, 6.45) is 1.60. The Labute approximate surface area is 127 Å². The smallest absolute Gasteiger partial charge is 0.231 e. The van der Waals surface area contributed by atoms with Gasteiger partial charge >= 0.3 is 0 Å². The molecule has 1 aliphatic rings. The van der Waals surface area contributed by atoms with Crippen molar-refractivity contribution in [3.05, 3.63) is 53.3 Å². The highest BCUT2D eigenvalue weighted by atomic mass is 16.5. The van der Waals surface area contributed by atoms with Gasteiger partial charge in [-0.25, -0.2) is 0 Å². The first kappa shape index (κ1) is 14.0. The second-order valence-electron chi connectivity index (χ2n) is 4.70. The molecule has 2 aromatic carbocycles. The van der Waals surface area contributed by atoms with Gasteiger partial charge in [0.15, 0.2) is 17.3 Å². The number of Topliss-reactive ketones (excluding diaryl/α,β-unsaturated/α-hetero) is 1. The summed E-state index contributed by atoms with van der Waals surface area (Å²) in [5, 5.41) is 9.46. The summed E-state index contributed by atoms with van der Waals surface area (Å²) in [4.78, 5) is 12.3. The van der Waals surface area contributed by atoms with E-state index in [2.05, 4.69) is 0 Å². The summed E-state index contributed by atoms with van der Waals surface area (Å²) < 4.78 is 16.1. The fourth-order valence-electron chi connectivity index (χ4n) is 2.34. The maximum absolute atomic E-state index is 12.3. The van der Waals surface area contributed by atoms with E-state index in [0.717, 1.165) is 0 Å². The van der Waals surface area contributed by atoms with Gasteiger partial charge in [0.1, 0.15) is 11.5 Å². The second kappa shape index (κ2) is 5.44. The van der Waals surface area contributed by atoms with Gasteiger partial charge < -0.3 is 19.3 Å². The van der Waals surface area contributed by atoms with Crippen molar-refractivity contribution in [2.75, 3.05) is 14.2 Å². The molecule has 1 N–H and O–H groups in total.